The zero-order valence-electron chi connectivity index (χ0n) is 15.2. The lowest BCUT2D eigenvalue weighted by Crippen LogP contribution is -2.38. The van der Waals surface area contributed by atoms with Gasteiger partial charge in [0.05, 0.1) is 17.4 Å². The second-order valence-corrected chi connectivity index (χ2v) is 7.38. The van der Waals surface area contributed by atoms with Crippen LogP contribution in [0.5, 0.6) is 0 Å². The summed E-state index contributed by atoms with van der Waals surface area (Å²) in [5.74, 6) is -1.30. The van der Waals surface area contributed by atoms with Crippen molar-refractivity contribution in [2.75, 3.05) is 0 Å². The fourth-order valence-electron chi connectivity index (χ4n) is 2.75. The Labute approximate surface area is 148 Å². The molecule has 2 rings (SSSR count). The number of aliphatic imine (C=N–C) groups is 1. The lowest BCUT2D eigenvalue weighted by atomic mass is 9.72. The SMILES string of the molecule is CCC(C)OC(=O)c1ccc(N=CC2C(=O)CC(C)(C)CC2=O)cc1. The Morgan fingerprint density at radius 3 is 2.32 bits per heavy atom. The molecule has 1 aliphatic carbocycles. The summed E-state index contributed by atoms with van der Waals surface area (Å²) in [7, 11) is 0. The minimum Gasteiger partial charge on any atom is -0.459 e. The minimum absolute atomic E-state index is 0.0845. The number of rotatable bonds is 5. The number of carbonyl (C=O) groups excluding carboxylic acids is 3. The van der Waals surface area contributed by atoms with Crippen molar-refractivity contribution in [3.8, 4) is 0 Å². The van der Waals surface area contributed by atoms with Crippen LogP contribution in [-0.2, 0) is 14.3 Å². The largest absolute Gasteiger partial charge is 0.459 e. The highest BCUT2D eigenvalue weighted by atomic mass is 16.5. The van der Waals surface area contributed by atoms with Gasteiger partial charge in [-0.15, -0.1) is 0 Å². The summed E-state index contributed by atoms with van der Waals surface area (Å²) in [5.41, 5.74) is 0.771. The molecular weight excluding hydrogens is 318 g/mol. The van der Waals surface area contributed by atoms with Gasteiger partial charge in [-0.3, -0.25) is 14.6 Å². The normalized spacial score (nSPS) is 19.2. The Balaban J connectivity index is 2.03. The van der Waals surface area contributed by atoms with Gasteiger partial charge < -0.3 is 4.74 Å². The number of esters is 1. The fraction of sp³-hybridized carbons (Fsp3) is 0.500. The van der Waals surface area contributed by atoms with Crippen LogP contribution in [-0.4, -0.2) is 29.9 Å². The number of hydrogen-bond acceptors (Lipinski definition) is 5. The van der Waals surface area contributed by atoms with E-state index in [0.717, 1.165) is 6.42 Å². The molecule has 0 saturated heterocycles. The van der Waals surface area contributed by atoms with E-state index >= 15 is 0 Å². The average Bonchev–Trinajstić information content (AvgIpc) is 2.53. The van der Waals surface area contributed by atoms with Crippen LogP contribution in [0.25, 0.3) is 0 Å². The third-order valence-corrected chi connectivity index (χ3v) is 4.36. The molecule has 5 heteroatoms. The molecule has 134 valence electrons. The lowest BCUT2D eigenvalue weighted by Gasteiger charge is -2.30. The summed E-state index contributed by atoms with van der Waals surface area (Å²) < 4.78 is 5.26. The molecule has 0 spiro atoms. The third-order valence-electron chi connectivity index (χ3n) is 4.36. The summed E-state index contributed by atoms with van der Waals surface area (Å²) in [4.78, 5) is 40.5. The molecule has 0 heterocycles. The zero-order valence-corrected chi connectivity index (χ0v) is 15.2. The van der Waals surface area contributed by atoms with Crippen molar-refractivity contribution in [1.82, 2.24) is 0 Å². The summed E-state index contributed by atoms with van der Waals surface area (Å²) in [6.45, 7) is 7.64. The molecule has 0 aliphatic heterocycles. The van der Waals surface area contributed by atoms with Crippen LogP contribution >= 0.6 is 0 Å². The number of carbonyl (C=O) groups is 3. The Morgan fingerprint density at radius 2 is 1.80 bits per heavy atom. The fourth-order valence-corrected chi connectivity index (χ4v) is 2.75. The molecule has 1 saturated carbocycles. The highest BCUT2D eigenvalue weighted by Gasteiger charge is 2.38. The second kappa shape index (κ2) is 7.72. The van der Waals surface area contributed by atoms with E-state index in [2.05, 4.69) is 4.99 Å². The molecule has 0 amide bonds. The molecule has 0 bridgehead atoms. The van der Waals surface area contributed by atoms with E-state index in [9.17, 15) is 14.4 Å². The molecule has 0 aromatic heterocycles. The summed E-state index contributed by atoms with van der Waals surface area (Å²) in [6, 6.07) is 6.60. The van der Waals surface area contributed by atoms with E-state index in [1.165, 1.54) is 6.21 Å². The maximum Gasteiger partial charge on any atom is 0.338 e. The van der Waals surface area contributed by atoms with Crippen LogP contribution in [0.3, 0.4) is 0 Å². The highest BCUT2D eigenvalue weighted by Crippen LogP contribution is 2.33. The van der Waals surface area contributed by atoms with Crippen LogP contribution in [0.4, 0.5) is 5.69 Å². The van der Waals surface area contributed by atoms with E-state index in [1.54, 1.807) is 24.3 Å². The van der Waals surface area contributed by atoms with Crippen LogP contribution in [0, 0.1) is 11.3 Å². The van der Waals surface area contributed by atoms with Gasteiger partial charge in [0.25, 0.3) is 0 Å². The van der Waals surface area contributed by atoms with E-state index in [4.69, 9.17) is 4.74 Å². The van der Waals surface area contributed by atoms with Crippen LogP contribution < -0.4 is 0 Å². The van der Waals surface area contributed by atoms with E-state index in [0.29, 0.717) is 24.1 Å². The first-order chi connectivity index (χ1) is 11.7. The van der Waals surface area contributed by atoms with Gasteiger partial charge in [-0.05, 0) is 43.0 Å². The van der Waals surface area contributed by atoms with Gasteiger partial charge in [-0.25, -0.2) is 4.79 Å². The van der Waals surface area contributed by atoms with Crippen molar-refractivity contribution in [2.24, 2.45) is 16.3 Å². The third kappa shape index (κ3) is 5.08. The Kier molecular flexibility index (Phi) is 5.88. The first-order valence-corrected chi connectivity index (χ1v) is 8.62. The van der Waals surface area contributed by atoms with Gasteiger partial charge in [0.1, 0.15) is 17.5 Å². The van der Waals surface area contributed by atoms with E-state index in [-0.39, 0.29) is 29.1 Å². The van der Waals surface area contributed by atoms with Crippen LogP contribution in [0.2, 0.25) is 0 Å². The Hall–Kier alpha value is -2.30. The first-order valence-electron chi connectivity index (χ1n) is 8.62. The van der Waals surface area contributed by atoms with Gasteiger partial charge in [-0.1, -0.05) is 20.8 Å². The van der Waals surface area contributed by atoms with Gasteiger partial charge in [0.2, 0.25) is 0 Å². The molecule has 1 aliphatic rings. The smallest absolute Gasteiger partial charge is 0.338 e. The monoisotopic (exact) mass is 343 g/mol. The molecule has 0 N–H and O–H groups in total. The number of Topliss-reactive ketones (excluding diaryl/α,β-unsaturated/α-hetero) is 2. The molecular formula is C20H25NO4. The molecule has 5 nitrogen and oxygen atoms in total. The maximum atomic E-state index is 12.1. The van der Waals surface area contributed by atoms with Crippen molar-refractivity contribution < 1.29 is 19.1 Å². The predicted molar refractivity (Wildman–Crippen MR) is 96.3 cm³/mol. The van der Waals surface area contributed by atoms with Crippen molar-refractivity contribution in [1.29, 1.82) is 0 Å². The minimum atomic E-state index is -0.761. The molecule has 1 atom stereocenters. The first kappa shape index (κ1) is 19.0. The highest BCUT2D eigenvalue weighted by molar-refractivity contribution is 6.16. The topological polar surface area (TPSA) is 72.8 Å². The molecule has 1 unspecified atom stereocenters. The molecule has 1 aromatic carbocycles. The van der Waals surface area contributed by atoms with Crippen molar-refractivity contribution in [3.63, 3.8) is 0 Å². The Morgan fingerprint density at radius 1 is 1.24 bits per heavy atom. The summed E-state index contributed by atoms with van der Waals surface area (Å²) >= 11 is 0. The molecule has 25 heavy (non-hydrogen) atoms. The van der Waals surface area contributed by atoms with Gasteiger partial charge in [0.15, 0.2) is 0 Å². The van der Waals surface area contributed by atoms with Crippen LogP contribution in [0.1, 0.15) is 57.3 Å². The number of nitrogens with zero attached hydrogens (tertiary/aromatic N) is 1. The predicted octanol–water partition coefficient (Wildman–Crippen LogP) is 3.92. The molecule has 1 fully saturated rings. The van der Waals surface area contributed by atoms with Gasteiger partial charge in [0, 0.05) is 19.1 Å². The van der Waals surface area contributed by atoms with E-state index in [1.807, 2.05) is 27.7 Å². The van der Waals surface area contributed by atoms with Crippen molar-refractivity contribution in [3.05, 3.63) is 29.8 Å². The number of ketones is 2. The second-order valence-electron chi connectivity index (χ2n) is 7.38. The standard InChI is InChI=1S/C20H25NO4/c1-5-13(2)25-19(24)14-6-8-15(9-7-14)21-12-16-17(22)10-20(3,4)11-18(16)23/h6-9,12-13,16H,5,10-11H2,1-4H3. The molecule has 0 radical (unpaired) electrons. The van der Waals surface area contributed by atoms with E-state index < -0.39 is 5.92 Å². The molecule has 1 aromatic rings. The lowest BCUT2D eigenvalue weighted by molar-refractivity contribution is -0.136. The maximum absolute atomic E-state index is 12.1. The van der Waals surface area contributed by atoms with Crippen molar-refractivity contribution in [2.45, 2.75) is 53.1 Å². The average molecular weight is 343 g/mol. The number of ether oxygens (including phenoxy) is 1. The van der Waals surface area contributed by atoms with Gasteiger partial charge >= 0.3 is 5.97 Å². The summed E-state index contributed by atoms with van der Waals surface area (Å²) in [6.07, 6.45) is 2.82. The van der Waals surface area contributed by atoms with Crippen LogP contribution in [0.15, 0.2) is 29.3 Å². The number of hydrogen-bond donors (Lipinski definition) is 0. The van der Waals surface area contributed by atoms with Crippen molar-refractivity contribution >= 4 is 29.4 Å². The Bertz CT molecular complexity index is 668. The zero-order chi connectivity index (χ0) is 18.6. The van der Waals surface area contributed by atoms with Gasteiger partial charge in [-0.2, -0.15) is 0 Å². The quantitative estimate of drug-likeness (QED) is 0.461. The number of benzene rings is 1. The summed E-state index contributed by atoms with van der Waals surface area (Å²) in [5, 5.41) is 0.